The smallest absolute Gasteiger partial charge is 0.263 e. The molecule has 0 saturated heterocycles. The summed E-state index contributed by atoms with van der Waals surface area (Å²) in [6.45, 7) is 0.448. The van der Waals surface area contributed by atoms with E-state index < -0.39 is 10.0 Å². The van der Waals surface area contributed by atoms with Crippen molar-refractivity contribution in [3.05, 3.63) is 28.7 Å². The number of halogens is 1. The maximum atomic E-state index is 12.0. The molecular weight excluding hydrogens is 330 g/mol. The zero-order valence-electron chi connectivity index (χ0n) is 10.6. The van der Waals surface area contributed by atoms with E-state index in [0.717, 1.165) is 12.8 Å². The van der Waals surface area contributed by atoms with Gasteiger partial charge in [-0.1, -0.05) is 36.3 Å². The van der Waals surface area contributed by atoms with Gasteiger partial charge in [0.2, 0.25) is 0 Å². The SMILES string of the molecule is O=S(=O)(NOCC1CCCCC1)c1ccccc1Br. The molecule has 6 heteroatoms. The molecule has 106 valence electrons. The van der Waals surface area contributed by atoms with Gasteiger partial charge in [0.05, 0.1) is 11.5 Å². The minimum absolute atomic E-state index is 0.193. The number of nitrogens with one attached hydrogen (secondary N) is 1. The highest BCUT2D eigenvalue weighted by molar-refractivity contribution is 9.10. The van der Waals surface area contributed by atoms with Crippen molar-refractivity contribution in [2.24, 2.45) is 5.92 Å². The predicted octanol–water partition coefficient (Wildman–Crippen LogP) is 3.24. The van der Waals surface area contributed by atoms with Crippen LogP contribution >= 0.6 is 15.9 Å². The lowest BCUT2D eigenvalue weighted by atomic mass is 9.90. The van der Waals surface area contributed by atoms with Crippen molar-refractivity contribution in [1.29, 1.82) is 0 Å². The third-order valence-corrected chi connectivity index (χ3v) is 5.56. The fourth-order valence-corrected chi connectivity index (χ4v) is 4.11. The Morgan fingerprint density at radius 1 is 1.21 bits per heavy atom. The van der Waals surface area contributed by atoms with Gasteiger partial charge in [-0.2, -0.15) is 0 Å². The van der Waals surface area contributed by atoms with Crippen LogP contribution < -0.4 is 4.89 Å². The first-order chi connectivity index (χ1) is 9.09. The van der Waals surface area contributed by atoms with Crippen LogP contribution in [0.15, 0.2) is 33.6 Å². The number of hydrogen-bond acceptors (Lipinski definition) is 3. The molecule has 0 spiro atoms. The molecule has 1 aromatic carbocycles. The summed E-state index contributed by atoms with van der Waals surface area (Å²) < 4.78 is 24.6. The highest BCUT2D eigenvalue weighted by Gasteiger charge is 2.19. The summed E-state index contributed by atoms with van der Waals surface area (Å²) in [5.41, 5.74) is 0. The Morgan fingerprint density at radius 2 is 1.89 bits per heavy atom. The highest BCUT2D eigenvalue weighted by atomic mass is 79.9. The quantitative estimate of drug-likeness (QED) is 0.831. The van der Waals surface area contributed by atoms with Gasteiger partial charge in [-0.25, -0.2) is 8.42 Å². The van der Waals surface area contributed by atoms with E-state index in [1.54, 1.807) is 18.2 Å². The lowest BCUT2D eigenvalue weighted by Crippen LogP contribution is -2.27. The Kier molecular flexibility index (Phi) is 5.38. The van der Waals surface area contributed by atoms with Gasteiger partial charge in [0.15, 0.2) is 0 Å². The second kappa shape index (κ2) is 6.83. The molecule has 1 fully saturated rings. The Hall–Kier alpha value is -0.430. The lowest BCUT2D eigenvalue weighted by molar-refractivity contribution is 0.0518. The fraction of sp³-hybridized carbons (Fsp3) is 0.538. The van der Waals surface area contributed by atoms with Crippen molar-refractivity contribution in [3.8, 4) is 0 Å². The molecule has 0 radical (unpaired) electrons. The standard InChI is InChI=1S/C13H18BrNO3S/c14-12-8-4-5-9-13(12)19(16,17)15-18-10-11-6-2-1-3-7-11/h4-5,8-9,11,15H,1-3,6-7,10H2. The van der Waals surface area contributed by atoms with Crippen molar-refractivity contribution < 1.29 is 13.3 Å². The maximum absolute atomic E-state index is 12.0. The first kappa shape index (κ1) is 15.0. The molecule has 1 N–H and O–H groups in total. The van der Waals surface area contributed by atoms with Crippen LogP contribution in [-0.2, 0) is 14.9 Å². The minimum atomic E-state index is -3.61. The molecule has 0 atom stereocenters. The van der Waals surface area contributed by atoms with Crippen LogP contribution in [0.4, 0.5) is 0 Å². The van der Waals surface area contributed by atoms with Crippen LogP contribution in [0.1, 0.15) is 32.1 Å². The molecule has 4 nitrogen and oxygen atoms in total. The second-order valence-corrected chi connectivity index (χ2v) is 7.30. The van der Waals surface area contributed by atoms with Crippen LogP contribution in [0, 0.1) is 5.92 Å². The zero-order chi connectivity index (χ0) is 13.7. The average Bonchev–Trinajstić information content (AvgIpc) is 2.40. The van der Waals surface area contributed by atoms with E-state index in [4.69, 9.17) is 4.84 Å². The van der Waals surface area contributed by atoms with Gasteiger partial charge in [-0.15, -0.1) is 0 Å². The summed E-state index contributed by atoms with van der Waals surface area (Å²) in [4.78, 5) is 7.59. The Labute approximate surface area is 122 Å². The van der Waals surface area contributed by atoms with Gasteiger partial charge in [-0.3, -0.25) is 4.84 Å². The second-order valence-electron chi connectivity index (χ2n) is 4.83. The van der Waals surface area contributed by atoms with Crippen LogP contribution in [0.25, 0.3) is 0 Å². The molecule has 0 amide bonds. The van der Waals surface area contributed by atoms with Gasteiger partial charge < -0.3 is 0 Å². The molecule has 0 bridgehead atoms. The molecule has 19 heavy (non-hydrogen) atoms. The molecule has 0 aromatic heterocycles. The van der Waals surface area contributed by atoms with E-state index in [0.29, 0.717) is 17.0 Å². The zero-order valence-corrected chi connectivity index (χ0v) is 13.0. The van der Waals surface area contributed by atoms with Crippen molar-refractivity contribution in [2.45, 2.75) is 37.0 Å². The first-order valence-electron chi connectivity index (χ1n) is 6.48. The van der Waals surface area contributed by atoms with Crippen LogP contribution in [0.3, 0.4) is 0 Å². The number of rotatable bonds is 5. The van der Waals surface area contributed by atoms with Crippen LogP contribution in [0.2, 0.25) is 0 Å². The summed E-state index contributed by atoms with van der Waals surface area (Å²) in [5, 5.41) is 0. The average molecular weight is 348 g/mol. The number of hydrogen-bond donors (Lipinski definition) is 1. The predicted molar refractivity (Wildman–Crippen MR) is 77.0 cm³/mol. The lowest BCUT2D eigenvalue weighted by Gasteiger charge is -2.21. The molecule has 0 unspecified atom stereocenters. The summed E-state index contributed by atoms with van der Waals surface area (Å²) in [6, 6.07) is 6.68. The maximum Gasteiger partial charge on any atom is 0.263 e. The van der Waals surface area contributed by atoms with Crippen molar-refractivity contribution >= 4 is 26.0 Å². The molecule has 1 saturated carbocycles. The van der Waals surface area contributed by atoms with Gasteiger partial charge in [-0.05, 0) is 46.8 Å². The van der Waals surface area contributed by atoms with E-state index in [9.17, 15) is 8.42 Å². The molecule has 1 aromatic rings. The van der Waals surface area contributed by atoms with Crippen molar-refractivity contribution in [2.75, 3.05) is 6.61 Å². The summed E-state index contributed by atoms with van der Waals surface area (Å²) >= 11 is 3.23. The molecule has 1 aliphatic rings. The van der Waals surface area contributed by atoms with E-state index >= 15 is 0 Å². The highest BCUT2D eigenvalue weighted by Crippen LogP contribution is 2.24. The van der Waals surface area contributed by atoms with Gasteiger partial charge in [0.1, 0.15) is 0 Å². The molecule has 0 heterocycles. The largest absolute Gasteiger partial charge is 0.287 e. The summed E-state index contributed by atoms with van der Waals surface area (Å²) in [7, 11) is -3.61. The third kappa shape index (κ3) is 4.27. The monoisotopic (exact) mass is 347 g/mol. The fourth-order valence-electron chi connectivity index (χ4n) is 2.29. The Morgan fingerprint density at radius 3 is 2.58 bits per heavy atom. The number of sulfonamides is 1. The molecule has 2 rings (SSSR count). The van der Waals surface area contributed by atoms with Gasteiger partial charge in [0.25, 0.3) is 10.0 Å². The number of benzene rings is 1. The summed E-state index contributed by atoms with van der Waals surface area (Å²) in [5.74, 6) is 0.468. The van der Waals surface area contributed by atoms with Crippen LogP contribution in [-0.4, -0.2) is 15.0 Å². The molecular formula is C13H18BrNO3S. The summed E-state index contributed by atoms with van der Waals surface area (Å²) in [6.07, 6.45) is 5.95. The Bertz CT molecular complexity index is 512. The van der Waals surface area contributed by atoms with E-state index in [-0.39, 0.29) is 4.90 Å². The third-order valence-electron chi connectivity index (χ3n) is 3.34. The minimum Gasteiger partial charge on any atom is -0.287 e. The van der Waals surface area contributed by atoms with Crippen molar-refractivity contribution in [1.82, 2.24) is 4.89 Å². The first-order valence-corrected chi connectivity index (χ1v) is 8.75. The van der Waals surface area contributed by atoms with Gasteiger partial charge >= 0.3 is 0 Å². The van der Waals surface area contributed by atoms with Crippen molar-refractivity contribution in [3.63, 3.8) is 0 Å². The van der Waals surface area contributed by atoms with E-state index in [1.165, 1.54) is 25.3 Å². The molecule has 1 aliphatic carbocycles. The van der Waals surface area contributed by atoms with Crippen LogP contribution in [0.5, 0.6) is 0 Å². The van der Waals surface area contributed by atoms with E-state index in [1.807, 2.05) is 0 Å². The van der Waals surface area contributed by atoms with E-state index in [2.05, 4.69) is 20.8 Å². The van der Waals surface area contributed by atoms with Gasteiger partial charge in [0, 0.05) is 4.47 Å². The Balaban J connectivity index is 1.89. The molecule has 0 aliphatic heterocycles. The normalized spacial score (nSPS) is 17.5. The topological polar surface area (TPSA) is 55.4 Å².